The van der Waals surface area contributed by atoms with Crippen molar-refractivity contribution in [3.8, 4) is 6.07 Å². The quantitative estimate of drug-likeness (QED) is 0.533. The van der Waals surface area contributed by atoms with Crippen LogP contribution in [0, 0.1) is 17.2 Å². The lowest BCUT2D eigenvalue weighted by molar-refractivity contribution is -0.141. The number of hydrogen-bond acceptors (Lipinski definition) is 4. The maximum absolute atomic E-state index is 8.67. The van der Waals surface area contributed by atoms with Gasteiger partial charge in [0.15, 0.2) is 6.29 Å². The van der Waals surface area contributed by atoms with Crippen LogP contribution in [0.15, 0.2) is 0 Å². The third kappa shape index (κ3) is 9.41. The third-order valence-corrected chi connectivity index (χ3v) is 2.55. The van der Waals surface area contributed by atoms with Crippen LogP contribution in [0.4, 0.5) is 0 Å². The molecule has 0 amide bonds. The smallest absolute Gasteiger partial charge is 0.158 e. The zero-order valence-corrected chi connectivity index (χ0v) is 12.3. The van der Waals surface area contributed by atoms with Crippen LogP contribution in [0.25, 0.3) is 0 Å². The number of nitrogens with zero attached hydrogens (tertiary/aromatic N) is 2. The van der Waals surface area contributed by atoms with Gasteiger partial charge in [-0.2, -0.15) is 5.26 Å². The first-order chi connectivity index (χ1) is 8.63. The Hall–Kier alpha value is -0.630. The van der Waals surface area contributed by atoms with Crippen LogP contribution in [0.1, 0.15) is 40.5 Å². The van der Waals surface area contributed by atoms with Gasteiger partial charge in [-0.1, -0.05) is 13.8 Å². The number of hydrogen-bond donors (Lipinski definition) is 0. The molecule has 0 unspecified atom stereocenters. The van der Waals surface area contributed by atoms with Crippen LogP contribution in [-0.2, 0) is 9.47 Å². The van der Waals surface area contributed by atoms with Crippen LogP contribution in [0.5, 0.6) is 0 Å². The van der Waals surface area contributed by atoms with E-state index in [9.17, 15) is 0 Å². The van der Waals surface area contributed by atoms with Crippen molar-refractivity contribution in [2.75, 3.05) is 32.8 Å². The van der Waals surface area contributed by atoms with E-state index < -0.39 is 0 Å². The first kappa shape index (κ1) is 17.4. The Balaban J connectivity index is 4.07. The van der Waals surface area contributed by atoms with Crippen molar-refractivity contribution in [2.45, 2.75) is 46.8 Å². The van der Waals surface area contributed by atoms with Crippen LogP contribution in [0.2, 0.25) is 0 Å². The molecule has 0 radical (unpaired) electrons. The minimum absolute atomic E-state index is 0.114. The second kappa shape index (κ2) is 11.5. The van der Waals surface area contributed by atoms with Crippen molar-refractivity contribution in [1.82, 2.24) is 4.90 Å². The molecule has 0 aliphatic rings. The van der Waals surface area contributed by atoms with Gasteiger partial charge in [0.05, 0.1) is 6.07 Å². The fraction of sp³-hybridized carbons (Fsp3) is 0.929. The average Bonchev–Trinajstić information content (AvgIpc) is 2.32. The Kier molecular flexibility index (Phi) is 11.1. The zero-order chi connectivity index (χ0) is 13.8. The number of nitriles is 1. The summed E-state index contributed by atoms with van der Waals surface area (Å²) in [5, 5.41) is 8.67. The highest BCUT2D eigenvalue weighted by molar-refractivity contribution is 4.73. The van der Waals surface area contributed by atoms with E-state index in [1.54, 1.807) is 0 Å². The molecular weight excluding hydrogens is 228 g/mol. The summed E-state index contributed by atoms with van der Waals surface area (Å²) in [6, 6.07) is 2.21. The third-order valence-electron chi connectivity index (χ3n) is 2.55. The number of ether oxygens (including phenoxy) is 2. The van der Waals surface area contributed by atoms with E-state index in [-0.39, 0.29) is 6.29 Å². The van der Waals surface area contributed by atoms with E-state index in [0.29, 0.717) is 25.6 Å². The van der Waals surface area contributed by atoms with Gasteiger partial charge < -0.3 is 14.4 Å². The van der Waals surface area contributed by atoms with Crippen molar-refractivity contribution in [1.29, 1.82) is 5.26 Å². The first-order valence-electron chi connectivity index (χ1n) is 6.96. The highest BCUT2D eigenvalue weighted by atomic mass is 16.7. The fourth-order valence-electron chi connectivity index (χ4n) is 1.89. The van der Waals surface area contributed by atoms with E-state index >= 15 is 0 Å². The van der Waals surface area contributed by atoms with E-state index in [1.807, 2.05) is 13.8 Å². The van der Waals surface area contributed by atoms with Crippen LogP contribution in [-0.4, -0.2) is 44.0 Å². The molecule has 0 aliphatic heterocycles. The lowest BCUT2D eigenvalue weighted by Crippen LogP contribution is -2.33. The molecule has 0 heterocycles. The molecule has 0 saturated heterocycles. The monoisotopic (exact) mass is 256 g/mol. The molecule has 0 aromatic rings. The maximum atomic E-state index is 8.67. The van der Waals surface area contributed by atoms with E-state index in [1.165, 1.54) is 0 Å². The predicted molar refractivity (Wildman–Crippen MR) is 73.2 cm³/mol. The molecule has 0 rings (SSSR count). The summed E-state index contributed by atoms with van der Waals surface area (Å²) < 4.78 is 11.1. The highest BCUT2D eigenvalue weighted by Gasteiger charge is 2.12. The van der Waals surface area contributed by atoms with Crippen molar-refractivity contribution < 1.29 is 9.47 Å². The van der Waals surface area contributed by atoms with E-state index in [4.69, 9.17) is 14.7 Å². The summed E-state index contributed by atoms with van der Waals surface area (Å²) in [6.45, 7) is 12.5. The van der Waals surface area contributed by atoms with Crippen molar-refractivity contribution in [3.05, 3.63) is 0 Å². The van der Waals surface area contributed by atoms with Gasteiger partial charge in [0.25, 0.3) is 0 Å². The summed E-state index contributed by atoms with van der Waals surface area (Å²) >= 11 is 0. The Labute approximate surface area is 112 Å². The summed E-state index contributed by atoms with van der Waals surface area (Å²) in [4.78, 5) is 2.32. The van der Waals surface area contributed by atoms with E-state index in [0.717, 1.165) is 26.1 Å². The minimum Gasteiger partial charge on any atom is -0.353 e. The van der Waals surface area contributed by atoms with E-state index in [2.05, 4.69) is 24.8 Å². The molecule has 0 atom stereocenters. The van der Waals surface area contributed by atoms with Gasteiger partial charge in [0.2, 0.25) is 0 Å². The Morgan fingerprint density at radius 1 is 1.11 bits per heavy atom. The second-order valence-electron chi connectivity index (χ2n) is 4.73. The molecular formula is C14H28N2O2. The van der Waals surface area contributed by atoms with Gasteiger partial charge in [0.1, 0.15) is 0 Å². The number of rotatable bonds is 11. The molecule has 106 valence electrons. The Bertz CT molecular complexity index is 220. The molecule has 0 saturated carbocycles. The summed E-state index contributed by atoms with van der Waals surface area (Å²) in [6.07, 6.45) is 1.33. The molecule has 0 aliphatic carbocycles. The van der Waals surface area contributed by atoms with Gasteiger partial charge >= 0.3 is 0 Å². The highest BCUT2D eigenvalue weighted by Crippen LogP contribution is 2.06. The molecule has 0 fully saturated rings. The van der Waals surface area contributed by atoms with Crippen LogP contribution >= 0.6 is 0 Å². The van der Waals surface area contributed by atoms with Crippen molar-refractivity contribution >= 4 is 0 Å². The van der Waals surface area contributed by atoms with Crippen LogP contribution < -0.4 is 0 Å². The van der Waals surface area contributed by atoms with Crippen molar-refractivity contribution in [2.24, 2.45) is 5.92 Å². The Morgan fingerprint density at radius 3 is 2.17 bits per heavy atom. The first-order valence-corrected chi connectivity index (χ1v) is 6.96. The average molecular weight is 256 g/mol. The molecule has 4 heteroatoms. The fourth-order valence-corrected chi connectivity index (χ4v) is 1.89. The van der Waals surface area contributed by atoms with Gasteiger partial charge in [-0.3, -0.25) is 0 Å². The zero-order valence-electron chi connectivity index (χ0n) is 12.3. The van der Waals surface area contributed by atoms with Gasteiger partial charge in [-0.25, -0.2) is 0 Å². The summed E-state index contributed by atoms with van der Waals surface area (Å²) in [5.74, 6) is 0.612. The van der Waals surface area contributed by atoms with Gasteiger partial charge in [0, 0.05) is 45.7 Å². The SMILES string of the molecule is CCOC(CCN(CCC#N)CC(C)C)OCC. The molecule has 4 nitrogen and oxygen atoms in total. The topological polar surface area (TPSA) is 45.5 Å². The Morgan fingerprint density at radius 2 is 1.72 bits per heavy atom. The van der Waals surface area contributed by atoms with Crippen molar-refractivity contribution in [3.63, 3.8) is 0 Å². The predicted octanol–water partition coefficient (Wildman–Crippen LogP) is 2.65. The molecule has 0 aromatic heterocycles. The summed E-state index contributed by atoms with van der Waals surface area (Å²) in [5.41, 5.74) is 0. The second-order valence-corrected chi connectivity index (χ2v) is 4.73. The lowest BCUT2D eigenvalue weighted by Gasteiger charge is -2.25. The van der Waals surface area contributed by atoms with Crippen LogP contribution in [0.3, 0.4) is 0 Å². The molecule has 18 heavy (non-hydrogen) atoms. The minimum atomic E-state index is -0.114. The lowest BCUT2D eigenvalue weighted by atomic mass is 10.2. The molecule has 0 N–H and O–H groups in total. The van der Waals surface area contributed by atoms with Gasteiger partial charge in [-0.05, 0) is 19.8 Å². The molecule has 0 aromatic carbocycles. The normalized spacial score (nSPS) is 11.4. The summed E-state index contributed by atoms with van der Waals surface area (Å²) in [7, 11) is 0. The largest absolute Gasteiger partial charge is 0.353 e. The standard InChI is InChI=1S/C14H28N2O2/c1-5-17-14(18-6-2)8-11-16(10-7-9-15)12-13(3)4/h13-14H,5-8,10-12H2,1-4H3. The van der Waals surface area contributed by atoms with Gasteiger partial charge in [-0.15, -0.1) is 0 Å². The molecule has 0 spiro atoms. The maximum Gasteiger partial charge on any atom is 0.158 e. The molecule has 0 bridgehead atoms.